The molecule has 4 nitrogen and oxygen atoms in total. The Kier molecular flexibility index (Phi) is 3.06. The van der Waals surface area contributed by atoms with Gasteiger partial charge in [-0.15, -0.1) is 0 Å². The Bertz CT molecular complexity index is 304. The maximum absolute atomic E-state index is 11.2. The predicted molar refractivity (Wildman–Crippen MR) is 50.7 cm³/mol. The first-order chi connectivity index (χ1) is 6.29. The highest BCUT2D eigenvalue weighted by Gasteiger charge is 2.21. The number of rotatable bonds is 0. The molecule has 0 fully saturated rings. The molecule has 0 atom stereocenters. The first-order valence-electron chi connectivity index (χ1n) is 4.61. The van der Waals surface area contributed by atoms with Gasteiger partial charge in [0.2, 0.25) is 0 Å². The Balaban J connectivity index is 0.000000396. The van der Waals surface area contributed by atoms with Gasteiger partial charge in [0.25, 0.3) is 5.91 Å². The molecular formula is C9H15N3O. The molecule has 0 bridgehead atoms. The molecule has 0 unspecified atom stereocenters. The minimum atomic E-state index is -0.00231. The van der Waals surface area contributed by atoms with E-state index in [4.69, 9.17) is 0 Å². The van der Waals surface area contributed by atoms with Crippen LogP contribution in [0.2, 0.25) is 0 Å². The lowest BCUT2D eigenvalue weighted by Gasteiger charge is -2.10. The summed E-state index contributed by atoms with van der Waals surface area (Å²) in [6, 6.07) is 0. The Morgan fingerprint density at radius 3 is 2.69 bits per heavy atom. The van der Waals surface area contributed by atoms with Crippen LogP contribution in [0, 0.1) is 6.92 Å². The van der Waals surface area contributed by atoms with Crippen LogP contribution in [0.15, 0.2) is 0 Å². The van der Waals surface area contributed by atoms with Crippen molar-refractivity contribution >= 4 is 5.91 Å². The third kappa shape index (κ3) is 1.71. The molecule has 1 aromatic heterocycles. The van der Waals surface area contributed by atoms with E-state index in [1.165, 1.54) is 0 Å². The topological polar surface area (TPSA) is 57.8 Å². The Morgan fingerprint density at radius 1 is 1.38 bits per heavy atom. The van der Waals surface area contributed by atoms with Crippen LogP contribution in [0.25, 0.3) is 0 Å². The second-order valence-electron chi connectivity index (χ2n) is 2.68. The number of carbonyl (C=O) groups excluding carboxylic acids is 1. The largest absolute Gasteiger partial charge is 0.352 e. The first kappa shape index (κ1) is 9.77. The molecule has 0 spiro atoms. The van der Waals surface area contributed by atoms with Gasteiger partial charge in [-0.3, -0.25) is 9.89 Å². The van der Waals surface area contributed by atoms with Crippen molar-refractivity contribution in [3.05, 3.63) is 17.0 Å². The molecule has 0 radical (unpaired) electrons. The first-order valence-corrected chi connectivity index (χ1v) is 4.61. The number of hydrogen-bond donors (Lipinski definition) is 2. The van der Waals surface area contributed by atoms with E-state index in [0.717, 1.165) is 23.4 Å². The summed E-state index contributed by atoms with van der Waals surface area (Å²) in [5.41, 5.74) is 2.49. The smallest absolute Gasteiger partial charge is 0.255 e. The van der Waals surface area contributed by atoms with Gasteiger partial charge in [0, 0.05) is 18.7 Å². The van der Waals surface area contributed by atoms with Gasteiger partial charge in [0.15, 0.2) is 0 Å². The molecule has 2 rings (SSSR count). The van der Waals surface area contributed by atoms with Crippen molar-refractivity contribution in [1.29, 1.82) is 0 Å². The van der Waals surface area contributed by atoms with E-state index < -0.39 is 0 Å². The second kappa shape index (κ2) is 4.07. The minimum Gasteiger partial charge on any atom is -0.352 e. The maximum atomic E-state index is 11.2. The van der Waals surface area contributed by atoms with Crippen LogP contribution in [0.3, 0.4) is 0 Å². The molecule has 4 heteroatoms. The Morgan fingerprint density at radius 2 is 2.08 bits per heavy atom. The molecule has 2 heterocycles. The van der Waals surface area contributed by atoms with Crippen molar-refractivity contribution in [2.75, 3.05) is 6.54 Å². The van der Waals surface area contributed by atoms with Crippen LogP contribution >= 0.6 is 0 Å². The third-order valence-electron chi connectivity index (χ3n) is 1.90. The van der Waals surface area contributed by atoms with Crippen LogP contribution in [0.4, 0.5) is 0 Å². The van der Waals surface area contributed by atoms with Crippen LogP contribution in [-0.4, -0.2) is 22.6 Å². The highest BCUT2D eigenvalue weighted by atomic mass is 16.1. The normalized spacial score (nSPS) is 13.9. The summed E-state index contributed by atoms with van der Waals surface area (Å²) in [4.78, 5) is 11.2. The minimum absolute atomic E-state index is 0.00231. The lowest BCUT2D eigenvalue weighted by Crippen LogP contribution is -2.31. The van der Waals surface area contributed by atoms with E-state index in [1.54, 1.807) is 0 Å². The number of aromatic amines is 1. The van der Waals surface area contributed by atoms with Gasteiger partial charge in [0.1, 0.15) is 0 Å². The highest BCUT2D eigenvalue weighted by Crippen LogP contribution is 2.13. The summed E-state index contributed by atoms with van der Waals surface area (Å²) in [6.45, 7) is 6.56. The maximum Gasteiger partial charge on any atom is 0.255 e. The molecule has 1 aromatic rings. The molecule has 1 amide bonds. The summed E-state index contributed by atoms with van der Waals surface area (Å²) < 4.78 is 0. The summed E-state index contributed by atoms with van der Waals surface area (Å²) in [7, 11) is 0. The van der Waals surface area contributed by atoms with Gasteiger partial charge in [-0.2, -0.15) is 5.10 Å². The molecule has 13 heavy (non-hydrogen) atoms. The van der Waals surface area contributed by atoms with Crippen LogP contribution in [-0.2, 0) is 6.42 Å². The van der Waals surface area contributed by atoms with E-state index in [0.29, 0.717) is 6.54 Å². The Labute approximate surface area is 77.7 Å². The number of hydrogen-bond acceptors (Lipinski definition) is 2. The SMILES string of the molecule is CC.Cc1[nH]nc2c1C(=O)NCC2. The fourth-order valence-corrected chi connectivity index (χ4v) is 1.34. The van der Waals surface area contributed by atoms with Gasteiger partial charge < -0.3 is 5.32 Å². The summed E-state index contributed by atoms with van der Waals surface area (Å²) in [5.74, 6) is -0.00231. The molecule has 72 valence electrons. The van der Waals surface area contributed by atoms with Crippen molar-refractivity contribution in [3.8, 4) is 0 Å². The predicted octanol–water partition coefficient (Wildman–Crippen LogP) is 1.03. The fourth-order valence-electron chi connectivity index (χ4n) is 1.34. The van der Waals surface area contributed by atoms with Crippen LogP contribution in [0.1, 0.15) is 35.6 Å². The highest BCUT2D eigenvalue weighted by molar-refractivity contribution is 5.97. The Hall–Kier alpha value is -1.32. The quantitative estimate of drug-likeness (QED) is 0.628. The van der Waals surface area contributed by atoms with Gasteiger partial charge >= 0.3 is 0 Å². The van der Waals surface area contributed by atoms with Crippen molar-refractivity contribution in [2.24, 2.45) is 0 Å². The van der Waals surface area contributed by atoms with Crippen molar-refractivity contribution in [1.82, 2.24) is 15.5 Å². The molecule has 0 saturated heterocycles. The fraction of sp³-hybridized carbons (Fsp3) is 0.556. The third-order valence-corrected chi connectivity index (χ3v) is 1.90. The summed E-state index contributed by atoms with van der Waals surface area (Å²) >= 11 is 0. The zero-order chi connectivity index (χ0) is 9.84. The number of nitrogens with one attached hydrogen (secondary N) is 2. The van der Waals surface area contributed by atoms with Gasteiger partial charge in [-0.05, 0) is 6.92 Å². The number of fused-ring (bicyclic) bond motifs is 1. The van der Waals surface area contributed by atoms with Crippen LogP contribution in [0.5, 0.6) is 0 Å². The average molecular weight is 181 g/mol. The molecule has 0 aliphatic carbocycles. The van der Waals surface area contributed by atoms with E-state index in [-0.39, 0.29) is 5.91 Å². The van der Waals surface area contributed by atoms with Crippen molar-refractivity contribution in [3.63, 3.8) is 0 Å². The number of nitrogens with zero attached hydrogens (tertiary/aromatic N) is 1. The number of aromatic nitrogens is 2. The monoisotopic (exact) mass is 181 g/mol. The molecule has 0 aromatic carbocycles. The zero-order valence-electron chi connectivity index (χ0n) is 8.27. The summed E-state index contributed by atoms with van der Waals surface area (Å²) in [5, 5.41) is 9.59. The number of aryl methyl sites for hydroxylation is 1. The zero-order valence-corrected chi connectivity index (χ0v) is 8.27. The number of amides is 1. The molecule has 1 aliphatic rings. The molecule has 2 N–H and O–H groups in total. The van der Waals surface area contributed by atoms with Gasteiger partial charge in [0.05, 0.1) is 11.3 Å². The van der Waals surface area contributed by atoms with Gasteiger partial charge in [-0.25, -0.2) is 0 Å². The van der Waals surface area contributed by atoms with Gasteiger partial charge in [-0.1, -0.05) is 13.8 Å². The summed E-state index contributed by atoms with van der Waals surface area (Å²) in [6.07, 6.45) is 0.839. The van der Waals surface area contributed by atoms with E-state index >= 15 is 0 Å². The van der Waals surface area contributed by atoms with Crippen molar-refractivity contribution < 1.29 is 4.79 Å². The number of H-pyrrole nitrogens is 1. The van der Waals surface area contributed by atoms with Crippen LogP contribution < -0.4 is 5.32 Å². The second-order valence-corrected chi connectivity index (χ2v) is 2.68. The lowest BCUT2D eigenvalue weighted by atomic mass is 10.1. The van der Waals surface area contributed by atoms with E-state index in [9.17, 15) is 4.79 Å². The number of carbonyl (C=O) groups is 1. The lowest BCUT2D eigenvalue weighted by molar-refractivity contribution is 0.0945. The van der Waals surface area contributed by atoms with E-state index in [1.807, 2.05) is 20.8 Å². The van der Waals surface area contributed by atoms with E-state index in [2.05, 4.69) is 15.5 Å². The average Bonchev–Trinajstić information content (AvgIpc) is 2.53. The molecule has 1 aliphatic heterocycles. The standard InChI is InChI=1S/C7H9N3O.C2H6/c1-4-6-5(10-9-4)2-3-8-7(6)11;1-2/h2-3H2,1H3,(H,8,11)(H,9,10);1-2H3. The van der Waals surface area contributed by atoms with Crippen molar-refractivity contribution in [2.45, 2.75) is 27.2 Å². The molecule has 0 saturated carbocycles. The molecular weight excluding hydrogens is 166 g/mol.